The molecule has 9 rings (SSSR count). The van der Waals surface area contributed by atoms with E-state index in [9.17, 15) is 0 Å². The van der Waals surface area contributed by atoms with E-state index in [2.05, 4.69) is 133 Å². The molecular formula is C40H24N2OS. The molecule has 44 heavy (non-hydrogen) atoms. The van der Waals surface area contributed by atoms with Crippen LogP contribution in [-0.4, -0.2) is 9.97 Å². The van der Waals surface area contributed by atoms with E-state index in [4.69, 9.17) is 14.4 Å². The van der Waals surface area contributed by atoms with Crippen LogP contribution in [0, 0.1) is 0 Å². The van der Waals surface area contributed by atoms with Crippen LogP contribution >= 0.6 is 11.3 Å². The van der Waals surface area contributed by atoms with Gasteiger partial charge in [0.15, 0.2) is 5.82 Å². The molecule has 9 aromatic rings. The van der Waals surface area contributed by atoms with Gasteiger partial charge in [-0.15, -0.1) is 11.3 Å². The van der Waals surface area contributed by atoms with Crippen molar-refractivity contribution in [1.29, 1.82) is 0 Å². The summed E-state index contributed by atoms with van der Waals surface area (Å²) in [6.45, 7) is 0. The Morgan fingerprint density at radius 2 is 1.14 bits per heavy atom. The molecule has 3 nitrogen and oxygen atoms in total. The number of rotatable bonds is 4. The van der Waals surface area contributed by atoms with Gasteiger partial charge in [0.2, 0.25) is 0 Å². The lowest BCUT2D eigenvalue weighted by molar-refractivity contribution is 0.669. The summed E-state index contributed by atoms with van der Waals surface area (Å²) < 4.78 is 7.53. The lowest BCUT2D eigenvalue weighted by Gasteiger charge is -2.10. The first-order valence-electron chi connectivity index (χ1n) is 14.6. The molecule has 4 heteroatoms. The van der Waals surface area contributed by atoms with Crippen molar-refractivity contribution in [2.75, 3.05) is 0 Å². The van der Waals surface area contributed by atoms with E-state index in [1.807, 2.05) is 12.1 Å². The zero-order valence-corrected chi connectivity index (χ0v) is 24.4. The molecule has 3 heterocycles. The van der Waals surface area contributed by atoms with Gasteiger partial charge in [0.1, 0.15) is 11.2 Å². The number of hydrogen-bond donors (Lipinski definition) is 0. The number of benzene rings is 6. The van der Waals surface area contributed by atoms with Gasteiger partial charge >= 0.3 is 0 Å². The van der Waals surface area contributed by atoms with Crippen molar-refractivity contribution < 1.29 is 4.42 Å². The van der Waals surface area contributed by atoms with Crippen LogP contribution in [0.2, 0.25) is 0 Å². The fraction of sp³-hybridized carbons (Fsp3) is 0. The Hall–Kier alpha value is -5.58. The van der Waals surface area contributed by atoms with Crippen LogP contribution < -0.4 is 0 Å². The Morgan fingerprint density at radius 1 is 0.432 bits per heavy atom. The maximum absolute atomic E-state index is 6.29. The third kappa shape index (κ3) is 4.27. The molecular weight excluding hydrogens is 557 g/mol. The quantitative estimate of drug-likeness (QED) is 0.208. The number of fused-ring (bicyclic) bond motifs is 5. The zero-order chi connectivity index (χ0) is 29.0. The monoisotopic (exact) mass is 580 g/mol. The first kappa shape index (κ1) is 25.0. The summed E-state index contributed by atoms with van der Waals surface area (Å²) in [5, 5.41) is 5.74. The van der Waals surface area contributed by atoms with Crippen molar-refractivity contribution in [3.8, 4) is 44.3 Å². The predicted octanol–water partition coefficient (Wildman–Crippen LogP) is 11.4. The minimum Gasteiger partial charge on any atom is -0.456 e. The largest absolute Gasteiger partial charge is 0.456 e. The molecule has 206 valence electrons. The standard InChI is InChI=1S/C40H24N2OS/c1-2-9-25(10-3-1)26-14-8-15-29(19-26)34-24-35(39-23-30-13-6-7-16-38(30)44-39)42-40(41-34)31-17-18-36-32(21-31)33-20-27-11-4-5-12-28(27)22-37(33)43-36/h1-24H. The molecule has 0 bridgehead atoms. The average molecular weight is 581 g/mol. The van der Waals surface area contributed by atoms with Crippen LogP contribution in [0.4, 0.5) is 0 Å². The maximum atomic E-state index is 6.29. The average Bonchev–Trinajstić information content (AvgIpc) is 3.68. The van der Waals surface area contributed by atoms with Crippen molar-refractivity contribution in [3.63, 3.8) is 0 Å². The number of nitrogens with zero attached hydrogens (tertiary/aromatic N) is 2. The van der Waals surface area contributed by atoms with Crippen molar-refractivity contribution in [2.24, 2.45) is 0 Å². The predicted molar refractivity (Wildman–Crippen MR) is 184 cm³/mol. The maximum Gasteiger partial charge on any atom is 0.160 e. The molecule has 0 N–H and O–H groups in total. The number of thiophene rings is 1. The van der Waals surface area contributed by atoms with Crippen LogP contribution in [0.15, 0.2) is 150 Å². The first-order chi connectivity index (χ1) is 21.7. The Kier molecular flexibility index (Phi) is 5.68. The molecule has 3 aromatic heterocycles. The van der Waals surface area contributed by atoms with Crippen LogP contribution in [0.25, 0.3) is 87.1 Å². The molecule has 0 saturated carbocycles. The molecule has 0 unspecified atom stereocenters. The van der Waals surface area contributed by atoms with E-state index in [-0.39, 0.29) is 0 Å². The smallest absolute Gasteiger partial charge is 0.160 e. The van der Waals surface area contributed by atoms with E-state index in [0.717, 1.165) is 54.9 Å². The Bertz CT molecular complexity index is 2480. The third-order valence-corrected chi connectivity index (χ3v) is 9.40. The minimum absolute atomic E-state index is 0.692. The second kappa shape index (κ2) is 10.0. The van der Waals surface area contributed by atoms with Gasteiger partial charge in [-0.05, 0) is 81.9 Å². The molecule has 0 aliphatic carbocycles. The van der Waals surface area contributed by atoms with Crippen molar-refractivity contribution in [2.45, 2.75) is 0 Å². The molecule has 0 amide bonds. The summed E-state index contributed by atoms with van der Waals surface area (Å²) in [6, 6.07) is 50.9. The fourth-order valence-electron chi connectivity index (χ4n) is 6.05. The van der Waals surface area contributed by atoms with E-state index >= 15 is 0 Å². The van der Waals surface area contributed by atoms with E-state index in [1.54, 1.807) is 11.3 Å². The van der Waals surface area contributed by atoms with E-state index < -0.39 is 0 Å². The number of furan rings is 1. The molecule has 0 atom stereocenters. The second-order valence-electron chi connectivity index (χ2n) is 11.1. The van der Waals surface area contributed by atoms with E-state index in [0.29, 0.717) is 5.82 Å². The highest BCUT2D eigenvalue weighted by molar-refractivity contribution is 7.22. The lowest BCUT2D eigenvalue weighted by atomic mass is 10.0. The topological polar surface area (TPSA) is 38.9 Å². The summed E-state index contributed by atoms with van der Waals surface area (Å²) in [5.74, 6) is 0.692. The summed E-state index contributed by atoms with van der Waals surface area (Å²) in [5.41, 5.74) is 7.89. The van der Waals surface area contributed by atoms with E-state index in [1.165, 1.54) is 26.4 Å². The molecule has 0 saturated heterocycles. The molecule has 0 aliphatic heterocycles. The summed E-state index contributed by atoms with van der Waals surface area (Å²) in [4.78, 5) is 11.5. The first-order valence-corrected chi connectivity index (χ1v) is 15.5. The van der Waals surface area contributed by atoms with Crippen LogP contribution in [-0.2, 0) is 0 Å². The zero-order valence-electron chi connectivity index (χ0n) is 23.6. The van der Waals surface area contributed by atoms with Gasteiger partial charge < -0.3 is 4.42 Å². The molecule has 0 radical (unpaired) electrons. The van der Waals surface area contributed by atoms with Crippen LogP contribution in [0.5, 0.6) is 0 Å². The highest BCUT2D eigenvalue weighted by Gasteiger charge is 2.16. The normalized spacial score (nSPS) is 11.6. The molecule has 0 spiro atoms. The minimum atomic E-state index is 0.692. The molecule has 0 aliphatic rings. The third-order valence-electron chi connectivity index (χ3n) is 8.27. The Labute approximate surface area is 257 Å². The fourth-order valence-corrected chi connectivity index (χ4v) is 7.07. The summed E-state index contributed by atoms with van der Waals surface area (Å²) in [6.07, 6.45) is 0. The SMILES string of the molecule is c1ccc(-c2cccc(-c3cc(-c4cc5ccccc5s4)nc(-c4ccc5oc6cc7ccccc7cc6c5c4)n3)c2)cc1. The van der Waals surface area contributed by atoms with Crippen LogP contribution in [0.3, 0.4) is 0 Å². The van der Waals surface area contributed by atoms with Gasteiger partial charge in [-0.2, -0.15) is 0 Å². The van der Waals surface area contributed by atoms with Crippen molar-refractivity contribution in [1.82, 2.24) is 9.97 Å². The van der Waals surface area contributed by atoms with Gasteiger partial charge in [-0.1, -0.05) is 91.0 Å². The Morgan fingerprint density at radius 3 is 2.00 bits per heavy atom. The molecule has 6 aromatic carbocycles. The van der Waals surface area contributed by atoms with Gasteiger partial charge in [0.05, 0.1) is 16.3 Å². The lowest BCUT2D eigenvalue weighted by Crippen LogP contribution is -1.95. The van der Waals surface area contributed by atoms with Gasteiger partial charge in [0, 0.05) is 26.6 Å². The van der Waals surface area contributed by atoms with Crippen molar-refractivity contribution in [3.05, 3.63) is 146 Å². The van der Waals surface area contributed by atoms with Crippen LogP contribution in [0.1, 0.15) is 0 Å². The Balaban J connectivity index is 1.24. The summed E-state index contributed by atoms with van der Waals surface area (Å²) >= 11 is 1.76. The van der Waals surface area contributed by atoms with Gasteiger partial charge in [-0.3, -0.25) is 0 Å². The second-order valence-corrected chi connectivity index (χ2v) is 12.1. The highest BCUT2D eigenvalue weighted by atomic mass is 32.1. The molecule has 0 fully saturated rings. The van der Waals surface area contributed by atoms with Gasteiger partial charge in [-0.25, -0.2) is 9.97 Å². The van der Waals surface area contributed by atoms with Crippen molar-refractivity contribution >= 4 is 54.1 Å². The number of aromatic nitrogens is 2. The van der Waals surface area contributed by atoms with Gasteiger partial charge in [0.25, 0.3) is 0 Å². The number of hydrogen-bond acceptors (Lipinski definition) is 4. The summed E-state index contributed by atoms with van der Waals surface area (Å²) in [7, 11) is 0. The highest BCUT2D eigenvalue weighted by Crippen LogP contribution is 2.38.